The monoisotopic (exact) mass is 241 g/mol. The average molecular weight is 241 g/mol. The van der Waals surface area contributed by atoms with Crippen molar-refractivity contribution in [3.63, 3.8) is 0 Å². The first-order valence-electron chi connectivity index (χ1n) is 5.67. The molecule has 15 heavy (non-hydrogen) atoms. The largest absolute Gasteiger partial charge is 0.308 e. The molecule has 84 valence electrons. The summed E-state index contributed by atoms with van der Waals surface area (Å²) in [6.07, 6.45) is 2.71. The van der Waals surface area contributed by atoms with Crippen molar-refractivity contribution in [2.75, 3.05) is 12.3 Å². The number of rotatable bonds is 4. The summed E-state index contributed by atoms with van der Waals surface area (Å²) in [5.74, 6) is 1.32. The van der Waals surface area contributed by atoms with Crippen LogP contribution >= 0.6 is 23.1 Å². The topological polar surface area (TPSA) is 12.0 Å². The van der Waals surface area contributed by atoms with E-state index in [4.69, 9.17) is 0 Å². The van der Waals surface area contributed by atoms with Gasteiger partial charge in [0.1, 0.15) is 0 Å². The van der Waals surface area contributed by atoms with E-state index in [1.165, 1.54) is 23.5 Å². The van der Waals surface area contributed by atoms with Gasteiger partial charge in [0.2, 0.25) is 0 Å². The van der Waals surface area contributed by atoms with Crippen molar-refractivity contribution >= 4 is 23.1 Å². The maximum atomic E-state index is 3.66. The highest BCUT2D eigenvalue weighted by Crippen LogP contribution is 2.47. The van der Waals surface area contributed by atoms with Gasteiger partial charge in [-0.3, -0.25) is 0 Å². The smallest absolute Gasteiger partial charge is 0.0561 e. The highest BCUT2D eigenvalue weighted by Gasteiger charge is 2.38. The molecular weight excluding hydrogens is 222 g/mol. The minimum atomic E-state index is 0.404. The summed E-state index contributed by atoms with van der Waals surface area (Å²) >= 11 is 4.02. The van der Waals surface area contributed by atoms with Crippen molar-refractivity contribution < 1.29 is 0 Å². The van der Waals surface area contributed by atoms with Crippen LogP contribution in [0.15, 0.2) is 17.5 Å². The minimum absolute atomic E-state index is 0.404. The molecule has 1 aliphatic rings. The summed E-state index contributed by atoms with van der Waals surface area (Å²) in [6.45, 7) is 5.67. The van der Waals surface area contributed by atoms with Crippen molar-refractivity contribution in [2.24, 2.45) is 0 Å². The molecule has 1 saturated heterocycles. The Hall–Kier alpha value is 0.01000. The molecule has 0 amide bonds. The van der Waals surface area contributed by atoms with Gasteiger partial charge in [0, 0.05) is 9.62 Å². The zero-order valence-electron chi connectivity index (χ0n) is 9.45. The van der Waals surface area contributed by atoms with Crippen LogP contribution in [0.3, 0.4) is 0 Å². The summed E-state index contributed by atoms with van der Waals surface area (Å²) in [4.78, 5) is 1.49. The van der Waals surface area contributed by atoms with Gasteiger partial charge >= 0.3 is 0 Å². The Bertz CT molecular complexity index is 289. The fourth-order valence-corrected chi connectivity index (χ4v) is 4.75. The molecule has 2 unspecified atom stereocenters. The van der Waals surface area contributed by atoms with Crippen molar-refractivity contribution in [1.82, 2.24) is 5.32 Å². The summed E-state index contributed by atoms with van der Waals surface area (Å²) in [5.41, 5.74) is 0. The van der Waals surface area contributed by atoms with Crippen molar-refractivity contribution in [1.29, 1.82) is 0 Å². The normalized spacial score (nSPS) is 28.1. The van der Waals surface area contributed by atoms with E-state index in [1.807, 2.05) is 11.3 Å². The Balaban J connectivity index is 2.19. The van der Waals surface area contributed by atoms with Gasteiger partial charge in [-0.15, -0.1) is 11.3 Å². The predicted octanol–water partition coefficient (Wildman–Crippen LogP) is 3.68. The van der Waals surface area contributed by atoms with E-state index in [9.17, 15) is 0 Å². The van der Waals surface area contributed by atoms with Crippen LogP contribution < -0.4 is 5.32 Å². The predicted molar refractivity (Wildman–Crippen MR) is 70.8 cm³/mol. The second-order valence-electron chi connectivity index (χ2n) is 4.27. The second-order valence-corrected chi connectivity index (χ2v) is 6.88. The lowest BCUT2D eigenvalue weighted by Crippen LogP contribution is -2.36. The van der Waals surface area contributed by atoms with Gasteiger partial charge in [-0.2, -0.15) is 11.8 Å². The Morgan fingerprint density at radius 3 is 3.00 bits per heavy atom. The number of hydrogen-bond donors (Lipinski definition) is 1. The van der Waals surface area contributed by atoms with Gasteiger partial charge in [0.05, 0.1) is 6.04 Å². The summed E-state index contributed by atoms with van der Waals surface area (Å²) in [6, 6.07) is 4.96. The van der Waals surface area contributed by atoms with E-state index >= 15 is 0 Å². The molecule has 2 rings (SSSR count). The van der Waals surface area contributed by atoms with Crippen LogP contribution in [0.5, 0.6) is 0 Å². The van der Waals surface area contributed by atoms with Gasteiger partial charge in [0.25, 0.3) is 0 Å². The average Bonchev–Trinajstić information content (AvgIpc) is 2.85. The van der Waals surface area contributed by atoms with Crippen LogP contribution in [0.25, 0.3) is 0 Å². The molecule has 1 aromatic rings. The number of hydrogen-bond acceptors (Lipinski definition) is 3. The summed E-state index contributed by atoms with van der Waals surface area (Å²) in [7, 11) is 0. The van der Waals surface area contributed by atoms with E-state index in [0.29, 0.717) is 10.8 Å². The summed E-state index contributed by atoms with van der Waals surface area (Å²) < 4.78 is 0.404. The first kappa shape index (κ1) is 11.5. The molecule has 0 spiro atoms. The Morgan fingerprint density at radius 2 is 2.47 bits per heavy atom. The molecule has 1 N–H and O–H groups in total. The van der Waals surface area contributed by atoms with Crippen LogP contribution in [0.4, 0.5) is 0 Å². The lowest BCUT2D eigenvalue weighted by molar-refractivity contribution is 0.427. The highest BCUT2D eigenvalue weighted by atomic mass is 32.2. The molecule has 0 aromatic carbocycles. The molecule has 0 saturated carbocycles. The van der Waals surface area contributed by atoms with E-state index in [0.717, 1.165) is 6.54 Å². The van der Waals surface area contributed by atoms with Crippen molar-refractivity contribution in [3.05, 3.63) is 22.4 Å². The van der Waals surface area contributed by atoms with Gasteiger partial charge in [-0.1, -0.05) is 13.0 Å². The van der Waals surface area contributed by atoms with Crippen molar-refractivity contribution in [2.45, 2.75) is 37.5 Å². The molecule has 0 bridgehead atoms. The Morgan fingerprint density at radius 1 is 1.60 bits per heavy atom. The first-order valence-corrected chi connectivity index (χ1v) is 7.53. The quantitative estimate of drug-likeness (QED) is 0.863. The maximum absolute atomic E-state index is 3.66. The second kappa shape index (κ2) is 4.89. The highest BCUT2D eigenvalue weighted by molar-refractivity contribution is 8.00. The van der Waals surface area contributed by atoms with Crippen LogP contribution in [0.2, 0.25) is 0 Å². The zero-order valence-corrected chi connectivity index (χ0v) is 11.1. The summed E-state index contributed by atoms with van der Waals surface area (Å²) in [5, 5.41) is 5.84. The van der Waals surface area contributed by atoms with Gasteiger partial charge in [-0.05, 0) is 43.5 Å². The van der Waals surface area contributed by atoms with Gasteiger partial charge < -0.3 is 5.32 Å². The molecule has 3 heteroatoms. The van der Waals surface area contributed by atoms with E-state index in [-0.39, 0.29) is 0 Å². The fourth-order valence-electron chi connectivity index (χ4n) is 2.31. The third-order valence-electron chi connectivity index (χ3n) is 3.10. The van der Waals surface area contributed by atoms with Crippen LogP contribution in [0, 0.1) is 0 Å². The number of thioether (sulfide) groups is 1. The van der Waals surface area contributed by atoms with E-state index < -0.39 is 0 Å². The molecule has 1 aliphatic heterocycles. The molecule has 0 radical (unpaired) electrons. The third kappa shape index (κ3) is 2.40. The zero-order chi connectivity index (χ0) is 10.7. The molecule has 2 atom stereocenters. The molecule has 0 aliphatic carbocycles. The molecule has 2 heterocycles. The van der Waals surface area contributed by atoms with Crippen LogP contribution in [-0.4, -0.2) is 17.0 Å². The molecule has 1 nitrogen and oxygen atoms in total. The standard InChI is InChI=1S/C12H19NS2/c1-3-13-11(10-6-4-8-14-10)12(2)7-5-9-15-12/h4,6,8,11,13H,3,5,7,9H2,1-2H3. The molecular formula is C12H19NS2. The molecule has 1 fully saturated rings. The Labute approximate surface area is 101 Å². The first-order chi connectivity index (χ1) is 7.26. The van der Waals surface area contributed by atoms with Crippen LogP contribution in [0.1, 0.15) is 37.6 Å². The van der Waals surface area contributed by atoms with Crippen molar-refractivity contribution in [3.8, 4) is 0 Å². The lowest BCUT2D eigenvalue weighted by atomic mass is 9.95. The SMILES string of the molecule is CCNC(c1cccs1)C1(C)CCCS1. The lowest BCUT2D eigenvalue weighted by Gasteiger charge is -2.33. The number of thiophene rings is 1. The van der Waals surface area contributed by atoms with E-state index in [2.05, 4.69) is 48.4 Å². The third-order valence-corrected chi connectivity index (χ3v) is 5.63. The van der Waals surface area contributed by atoms with Crippen LogP contribution in [-0.2, 0) is 0 Å². The maximum Gasteiger partial charge on any atom is 0.0561 e. The Kier molecular flexibility index (Phi) is 3.75. The fraction of sp³-hybridized carbons (Fsp3) is 0.667. The van der Waals surface area contributed by atoms with E-state index in [1.54, 1.807) is 0 Å². The molecule has 1 aromatic heterocycles. The van der Waals surface area contributed by atoms with Gasteiger partial charge in [0.15, 0.2) is 0 Å². The number of nitrogens with one attached hydrogen (secondary N) is 1. The van der Waals surface area contributed by atoms with Gasteiger partial charge in [-0.25, -0.2) is 0 Å². The minimum Gasteiger partial charge on any atom is -0.308 e.